The van der Waals surface area contributed by atoms with Gasteiger partial charge in [-0.25, -0.2) is 8.78 Å². The van der Waals surface area contributed by atoms with Gasteiger partial charge in [-0.05, 0) is 29.8 Å². The Balaban J connectivity index is 2.44. The molecule has 94 valence electrons. The minimum Gasteiger partial charge on any atom is -0.384 e. The largest absolute Gasteiger partial charge is 0.384 e. The predicted octanol–water partition coefficient (Wildman–Crippen LogP) is 4.46. The molecule has 1 unspecified atom stereocenters. The summed E-state index contributed by atoms with van der Waals surface area (Å²) in [6, 6.07) is 7.85. The third-order valence-corrected chi connectivity index (χ3v) is 3.13. The van der Waals surface area contributed by atoms with Crippen molar-refractivity contribution in [2.45, 2.75) is 6.10 Å². The van der Waals surface area contributed by atoms with Crippen molar-refractivity contribution >= 4 is 27.5 Å². The number of aliphatic hydroxyl groups is 1. The zero-order valence-electron chi connectivity index (χ0n) is 9.00. The molecule has 0 heterocycles. The standard InChI is InChI=1S/C13H8BrClF2O/c14-8-3-7(4-9(15)5-8)13(18)11-2-1-10(16)6-12(11)17/h1-6,13,18H. The maximum Gasteiger partial charge on any atom is 0.132 e. The molecule has 0 fully saturated rings. The lowest BCUT2D eigenvalue weighted by Crippen LogP contribution is -2.03. The summed E-state index contributed by atoms with van der Waals surface area (Å²) < 4.78 is 27.0. The number of benzene rings is 2. The van der Waals surface area contributed by atoms with Crippen molar-refractivity contribution in [3.63, 3.8) is 0 Å². The molecular weight excluding hydrogens is 325 g/mol. The van der Waals surface area contributed by atoms with E-state index >= 15 is 0 Å². The average Bonchev–Trinajstić information content (AvgIpc) is 2.26. The maximum atomic E-state index is 13.5. The number of hydrogen-bond donors (Lipinski definition) is 1. The normalized spacial score (nSPS) is 12.5. The van der Waals surface area contributed by atoms with E-state index in [0.29, 0.717) is 15.1 Å². The van der Waals surface area contributed by atoms with Gasteiger partial charge < -0.3 is 5.11 Å². The van der Waals surface area contributed by atoms with E-state index in [4.69, 9.17) is 11.6 Å². The van der Waals surface area contributed by atoms with Crippen LogP contribution in [0.3, 0.4) is 0 Å². The van der Waals surface area contributed by atoms with Gasteiger partial charge in [-0.3, -0.25) is 0 Å². The van der Waals surface area contributed by atoms with Crippen LogP contribution in [0.25, 0.3) is 0 Å². The van der Waals surface area contributed by atoms with Gasteiger partial charge in [0.1, 0.15) is 17.7 Å². The molecule has 0 amide bonds. The monoisotopic (exact) mass is 332 g/mol. The molecule has 0 aromatic heterocycles. The summed E-state index contributed by atoms with van der Waals surface area (Å²) in [7, 11) is 0. The van der Waals surface area contributed by atoms with E-state index in [1.165, 1.54) is 12.1 Å². The second kappa shape index (κ2) is 5.34. The Hall–Kier alpha value is -0.970. The summed E-state index contributed by atoms with van der Waals surface area (Å²) in [6.07, 6.45) is -1.19. The van der Waals surface area contributed by atoms with Crippen LogP contribution >= 0.6 is 27.5 Å². The van der Waals surface area contributed by atoms with Gasteiger partial charge in [0.15, 0.2) is 0 Å². The summed E-state index contributed by atoms with van der Waals surface area (Å²) in [6.45, 7) is 0. The zero-order valence-corrected chi connectivity index (χ0v) is 11.3. The highest BCUT2D eigenvalue weighted by Gasteiger charge is 2.16. The van der Waals surface area contributed by atoms with Gasteiger partial charge in [-0.2, -0.15) is 0 Å². The van der Waals surface area contributed by atoms with Gasteiger partial charge >= 0.3 is 0 Å². The number of aliphatic hydroxyl groups excluding tert-OH is 1. The van der Waals surface area contributed by atoms with Crippen molar-refractivity contribution in [3.05, 3.63) is 68.7 Å². The molecule has 2 rings (SSSR count). The topological polar surface area (TPSA) is 20.2 Å². The average molecular weight is 334 g/mol. The van der Waals surface area contributed by atoms with Gasteiger partial charge in [0.25, 0.3) is 0 Å². The lowest BCUT2D eigenvalue weighted by molar-refractivity contribution is 0.214. The van der Waals surface area contributed by atoms with Crippen molar-refractivity contribution in [2.24, 2.45) is 0 Å². The maximum absolute atomic E-state index is 13.5. The van der Waals surface area contributed by atoms with E-state index in [1.807, 2.05) is 0 Å². The third kappa shape index (κ3) is 2.88. The van der Waals surface area contributed by atoms with Gasteiger partial charge in [0.2, 0.25) is 0 Å². The van der Waals surface area contributed by atoms with E-state index in [1.54, 1.807) is 12.1 Å². The predicted molar refractivity (Wildman–Crippen MR) is 69.6 cm³/mol. The number of rotatable bonds is 2. The van der Waals surface area contributed by atoms with Crippen molar-refractivity contribution < 1.29 is 13.9 Å². The molecule has 1 atom stereocenters. The molecule has 0 aliphatic heterocycles. The molecule has 0 saturated carbocycles. The molecule has 0 aliphatic rings. The molecule has 0 saturated heterocycles. The molecule has 2 aromatic rings. The highest BCUT2D eigenvalue weighted by Crippen LogP contribution is 2.29. The second-order valence-electron chi connectivity index (χ2n) is 3.77. The van der Waals surface area contributed by atoms with Gasteiger partial charge in [0.05, 0.1) is 0 Å². The van der Waals surface area contributed by atoms with Crippen molar-refractivity contribution in [2.75, 3.05) is 0 Å². The van der Waals surface area contributed by atoms with Crippen LogP contribution in [0.4, 0.5) is 8.78 Å². The first kappa shape index (κ1) is 13.5. The molecule has 1 N–H and O–H groups in total. The second-order valence-corrected chi connectivity index (χ2v) is 5.12. The van der Waals surface area contributed by atoms with Crippen LogP contribution in [0.15, 0.2) is 40.9 Å². The Bertz CT molecular complexity index is 569. The Kier molecular flexibility index (Phi) is 4.00. The third-order valence-electron chi connectivity index (χ3n) is 2.46. The number of hydrogen-bond acceptors (Lipinski definition) is 1. The van der Waals surface area contributed by atoms with Gasteiger partial charge in [-0.1, -0.05) is 33.6 Å². The quantitative estimate of drug-likeness (QED) is 0.860. The first-order chi connectivity index (χ1) is 8.47. The van der Waals surface area contributed by atoms with Crippen molar-refractivity contribution in [1.82, 2.24) is 0 Å². The highest BCUT2D eigenvalue weighted by molar-refractivity contribution is 9.10. The first-order valence-electron chi connectivity index (χ1n) is 5.06. The summed E-state index contributed by atoms with van der Waals surface area (Å²) >= 11 is 9.09. The number of halogens is 4. The molecule has 0 bridgehead atoms. The van der Waals surface area contributed by atoms with E-state index in [2.05, 4.69) is 15.9 Å². The lowest BCUT2D eigenvalue weighted by atomic mass is 10.0. The molecule has 1 nitrogen and oxygen atoms in total. The van der Waals surface area contributed by atoms with Crippen LogP contribution in [0.5, 0.6) is 0 Å². The SMILES string of the molecule is OC(c1cc(Cl)cc(Br)c1)c1ccc(F)cc1F. The molecule has 0 spiro atoms. The van der Waals surface area contributed by atoms with Crippen LogP contribution in [-0.2, 0) is 0 Å². The van der Waals surface area contributed by atoms with Crippen LogP contribution < -0.4 is 0 Å². The molecule has 0 radical (unpaired) electrons. The van der Waals surface area contributed by atoms with Crippen LogP contribution in [0, 0.1) is 11.6 Å². The van der Waals surface area contributed by atoms with Crippen LogP contribution in [0.1, 0.15) is 17.2 Å². The smallest absolute Gasteiger partial charge is 0.132 e. The van der Waals surface area contributed by atoms with Crippen LogP contribution in [-0.4, -0.2) is 5.11 Å². The summed E-state index contributed by atoms with van der Waals surface area (Å²) in [5.74, 6) is -1.48. The molecule has 0 aliphatic carbocycles. The Morgan fingerprint density at radius 3 is 2.44 bits per heavy atom. The molecular formula is C13H8BrClF2O. The van der Waals surface area contributed by atoms with Crippen molar-refractivity contribution in [1.29, 1.82) is 0 Å². The fraction of sp³-hybridized carbons (Fsp3) is 0.0769. The Morgan fingerprint density at radius 1 is 1.11 bits per heavy atom. The van der Waals surface area contributed by atoms with Crippen molar-refractivity contribution in [3.8, 4) is 0 Å². The zero-order chi connectivity index (χ0) is 13.3. The van der Waals surface area contributed by atoms with Crippen LogP contribution in [0.2, 0.25) is 5.02 Å². The minimum absolute atomic E-state index is 0.00515. The molecule has 2 aromatic carbocycles. The fourth-order valence-electron chi connectivity index (χ4n) is 1.64. The summed E-state index contributed by atoms with van der Waals surface area (Å²) in [5.41, 5.74) is 0.436. The summed E-state index contributed by atoms with van der Waals surface area (Å²) in [5, 5.41) is 10.5. The molecule has 18 heavy (non-hydrogen) atoms. The van der Waals surface area contributed by atoms with Gasteiger partial charge in [0, 0.05) is 21.1 Å². The lowest BCUT2D eigenvalue weighted by Gasteiger charge is -2.13. The summed E-state index contributed by atoms with van der Waals surface area (Å²) in [4.78, 5) is 0. The van der Waals surface area contributed by atoms with E-state index in [-0.39, 0.29) is 5.56 Å². The van der Waals surface area contributed by atoms with Gasteiger partial charge in [-0.15, -0.1) is 0 Å². The molecule has 5 heteroatoms. The Morgan fingerprint density at radius 2 is 1.83 bits per heavy atom. The van der Waals surface area contributed by atoms with E-state index < -0.39 is 17.7 Å². The minimum atomic E-state index is -1.19. The van der Waals surface area contributed by atoms with E-state index in [9.17, 15) is 13.9 Å². The first-order valence-corrected chi connectivity index (χ1v) is 6.23. The fourth-order valence-corrected chi connectivity index (χ4v) is 2.52. The van der Waals surface area contributed by atoms with E-state index in [0.717, 1.165) is 12.1 Å². The highest BCUT2D eigenvalue weighted by atomic mass is 79.9. The Labute approximate surface area is 116 Å².